The summed E-state index contributed by atoms with van der Waals surface area (Å²) in [5.74, 6) is 0.618. The van der Waals surface area contributed by atoms with Gasteiger partial charge in [-0.25, -0.2) is 0 Å². The van der Waals surface area contributed by atoms with Crippen molar-refractivity contribution < 1.29 is 5.11 Å². The van der Waals surface area contributed by atoms with E-state index in [-0.39, 0.29) is 0 Å². The quantitative estimate of drug-likeness (QED) is 0.767. The van der Waals surface area contributed by atoms with Crippen LogP contribution in [0.1, 0.15) is 31.9 Å². The summed E-state index contributed by atoms with van der Waals surface area (Å²) >= 11 is 0. The molecule has 0 spiro atoms. The van der Waals surface area contributed by atoms with Gasteiger partial charge in [0, 0.05) is 0 Å². The van der Waals surface area contributed by atoms with E-state index in [2.05, 4.69) is 13.8 Å². The van der Waals surface area contributed by atoms with Crippen LogP contribution in [-0.4, -0.2) is 5.11 Å². The van der Waals surface area contributed by atoms with Crippen molar-refractivity contribution in [3.63, 3.8) is 0 Å². The van der Waals surface area contributed by atoms with Gasteiger partial charge in [0.25, 0.3) is 0 Å². The molecule has 1 rings (SSSR count). The predicted molar refractivity (Wildman–Crippen MR) is 60.2 cm³/mol. The van der Waals surface area contributed by atoms with Gasteiger partial charge in [0.15, 0.2) is 5.60 Å². The van der Waals surface area contributed by atoms with Gasteiger partial charge >= 0.3 is 0 Å². The first-order valence-corrected chi connectivity index (χ1v) is 5.19. The first-order chi connectivity index (χ1) is 6.95. The molecule has 0 aromatic heterocycles. The number of nitrogens with zero attached hydrogens (tertiary/aromatic N) is 1. The second-order valence-electron chi connectivity index (χ2n) is 4.48. The van der Waals surface area contributed by atoms with Crippen LogP contribution in [0, 0.1) is 17.2 Å². The molecule has 0 radical (unpaired) electrons. The van der Waals surface area contributed by atoms with Gasteiger partial charge in [-0.05, 0) is 30.4 Å². The molecule has 0 aliphatic rings. The molecule has 1 atom stereocenters. The van der Waals surface area contributed by atoms with Crippen LogP contribution < -0.4 is 0 Å². The van der Waals surface area contributed by atoms with Gasteiger partial charge in [-0.2, -0.15) is 5.26 Å². The molecule has 0 aliphatic carbocycles. The molecule has 0 aliphatic heterocycles. The Hall–Kier alpha value is -1.33. The third kappa shape index (κ3) is 3.07. The van der Waals surface area contributed by atoms with Crippen LogP contribution in [0.2, 0.25) is 0 Å². The van der Waals surface area contributed by atoms with Gasteiger partial charge in [0.2, 0.25) is 0 Å². The molecule has 1 N–H and O–H groups in total. The second kappa shape index (κ2) is 4.46. The standard InChI is InChI=1S/C13H17NO/c1-10(2)8-11-4-6-12(7-5-11)13(3,15)9-14/h4-7,10,15H,8H2,1-3H3. The van der Waals surface area contributed by atoms with Gasteiger partial charge in [-0.3, -0.25) is 0 Å². The number of rotatable bonds is 3. The first-order valence-electron chi connectivity index (χ1n) is 5.19. The Labute approximate surface area is 91.2 Å². The maximum Gasteiger partial charge on any atom is 0.173 e. The zero-order chi connectivity index (χ0) is 11.5. The Bertz CT molecular complexity index is 357. The van der Waals surface area contributed by atoms with Gasteiger partial charge in [0.1, 0.15) is 6.07 Å². The lowest BCUT2D eigenvalue weighted by Gasteiger charge is -2.15. The molecule has 1 aromatic carbocycles. The number of hydrogen-bond donors (Lipinski definition) is 1. The van der Waals surface area contributed by atoms with E-state index < -0.39 is 5.60 Å². The first kappa shape index (κ1) is 11.7. The maximum atomic E-state index is 9.71. The van der Waals surface area contributed by atoms with E-state index in [1.54, 1.807) is 0 Å². The smallest absolute Gasteiger partial charge is 0.173 e. The van der Waals surface area contributed by atoms with E-state index in [1.165, 1.54) is 12.5 Å². The van der Waals surface area contributed by atoms with Crippen molar-refractivity contribution in [1.29, 1.82) is 5.26 Å². The SMILES string of the molecule is CC(C)Cc1ccc(C(C)(O)C#N)cc1. The minimum Gasteiger partial charge on any atom is -0.372 e. The van der Waals surface area contributed by atoms with Crippen LogP contribution in [0.4, 0.5) is 0 Å². The molecule has 1 aromatic rings. The summed E-state index contributed by atoms with van der Waals surface area (Å²) in [7, 11) is 0. The summed E-state index contributed by atoms with van der Waals surface area (Å²) in [6.45, 7) is 5.84. The highest BCUT2D eigenvalue weighted by Crippen LogP contribution is 2.20. The lowest BCUT2D eigenvalue weighted by molar-refractivity contribution is 0.119. The molecule has 0 heterocycles. The Balaban J connectivity index is 2.87. The molecule has 0 amide bonds. The van der Waals surface area contributed by atoms with Crippen LogP contribution in [0.15, 0.2) is 24.3 Å². The molecule has 2 nitrogen and oxygen atoms in total. The van der Waals surface area contributed by atoms with Crippen molar-refractivity contribution in [2.24, 2.45) is 5.92 Å². The van der Waals surface area contributed by atoms with E-state index in [0.717, 1.165) is 6.42 Å². The predicted octanol–water partition coefficient (Wildman–Crippen LogP) is 2.62. The van der Waals surface area contributed by atoms with Gasteiger partial charge in [0.05, 0.1) is 0 Å². The summed E-state index contributed by atoms with van der Waals surface area (Å²) in [4.78, 5) is 0. The van der Waals surface area contributed by atoms with Gasteiger partial charge < -0.3 is 5.11 Å². The van der Waals surface area contributed by atoms with E-state index in [9.17, 15) is 5.11 Å². The molecule has 0 fully saturated rings. The van der Waals surface area contributed by atoms with E-state index >= 15 is 0 Å². The number of nitriles is 1. The highest BCUT2D eigenvalue weighted by Gasteiger charge is 2.21. The highest BCUT2D eigenvalue weighted by molar-refractivity contribution is 5.30. The minimum atomic E-state index is -1.38. The third-order valence-corrected chi connectivity index (χ3v) is 2.38. The van der Waals surface area contributed by atoms with Crippen LogP contribution >= 0.6 is 0 Å². The van der Waals surface area contributed by atoms with Crippen molar-refractivity contribution in [1.82, 2.24) is 0 Å². The molecule has 0 saturated carbocycles. The van der Waals surface area contributed by atoms with Crippen molar-refractivity contribution in [3.05, 3.63) is 35.4 Å². The Morgan fingerprint density at radius 3 is 2.27 bits per heavy atom. The topological polar surface area (TPSA) is 44.0 Å². The lowest BCUT2D eigenvalue weighted by Crippen LogP contribution is -2.17. The number of aliphatic hydroxyl groups is 1. The van der Waals surface area contributed by atoms with Crippen molar-refractivity contribution in [3.8, 4) is 6.07 Å². The summed E-state index contributed by atoms with van der Waals surface area (Å²) in [6.07, 6.45) is 1.02. The largest absolute Gasteiger partial charge is 0.372 e. The minimum absolute atomic E-state index is 0.618. The number of hydrogen-bond acceptors (Lipinski definition) is 2. The molecule has 0 bridgehead atoms. The zero-order valence-corrected chi connectivity index (χ0v) is 9.49. The van der Waals surface area contributed by atoms with Crippen LogP contribution in [0.5, 0.6) is 0 Å². The average Bonchev–Trinajstić information content (AvgIpc) is 2.18. The lowest BCUT2D eigenvalue weighted by atomic mass is 9.95. The van der Waals surface area contributed by atoms with Crippen molar-refractivity contribution in [2.45, 2.75) is 32.8 Å². The highest BCUT2D eigenvalue weighted by atomic mass is 16.3. The zero-order valence-electron chi connectivity index (χ0n) is 9.49. The fourth-order valence-electron chi connectivity index (χ4n) is 1.50. The average molecular weight is 203 g/mol. The van der Waals surface area contributed by atoms with Crippen LogP contribution in [0.3, 0.4) is 0 Å². The van der Waals surface area contributed by atoms with Crippen molar-refractivity contribution in [2.75, 3.05) is 0 Å². The third-order valence-electron chi connectivity index (χ3n) is 2.38. The summed E-state index contributed by atoms with van der Waals surface area (Å²) in [6, 6.07) is 9.46. The molecular weight excluding hydrogens is 186 g/mol. The molecule has 80 valence electrons. The molecule has 15 heavy (non-hydrogen) atoms. The fraction of sp³-hybridized carbons (Fsp3) is 0.462. The van der Waals surface area contributed by atoms with Crippen LogP contribution in [-0.2, 0) is 12.0 Å². The van der Waals surface area contributed by atoms with E-state index in [1.807, 2.05) is 30.3 Å². The normalized spacial score (nSPS) is 14.7. The maximum absolute atomic E-state index is 9.71. The fourth-order valence-corrected chi connectivity index (χ4v) is 1.50. The van der Waals surface area contributed by atoms with Crippen molar-refractivity contribution >= 4 is 0 Å². The summed E-state index contributed by atoms with van der Waals surface area (Å²) in [5, 5.41) is 18.5. The van der Waals surface area contributed by atoms with Gasteiger partial charge in [-0.15, -0.1) is 0 Å². The molecule has 1 unspecified atom stereocenters. The number of benzene rings is 1. The van der Waals surface area contributed by atoms with Gasteiger partial charge in [-0.1, -0.05) is 38.1 Å². The Kier molecular flexibility index (Phi) is 3.49. The second-order valence-corrected chi connectivity index (χ2v) is 4.48. The summed E-state index contributed by atoms with van der Waals surface area (Å²) < 4.78 is 0. The summed E-state index contributed by atoms with van der Waals surface area (Å²) in [5.41, 5.74) is 0.510. The van der Waals surface area contributed by atoms with Crippen LogP contribution in [0.25, 0.3) is 0 Å². The Morgan fingerprint density at radius 1 is 1.33 bits per heavy atom. The molecule has 2 heteroatoms. The Morgan fingerprint density at radius 2 is 1.87 bits per heavy atom. The molecular formula is C13H17NO. The van der Waals surface area contributed by atoms with E-state index in [0.29, 0.717) is 11.5 Å². The molecule has 0 saturated heterocycles. The van der Waals surface area contributed by atoms with E-state index in [4.69, 9.17) is 5.26 Å². The monoisotopic (exact) mass is 203 g/mol.